The molecule has 1 aromatic heterocycles. The molecular weight excluding hydrogens is 196 g/mol. The van der Waals surface area contributed by atoms with Gasteiger partial charge in [0.25, 0.3) is 0 Å². The van der Waals surface area contributed by atoms with E-state index in [2.05, 4.69) is 9.72 Å². The quantitative estimate of drug-likeness (QED) is 0.803. The van der Waals surface area contributed by atoms with Gasteiger partial charge in [-0.3, -0.25) is 0 Å². The molecule has 0 saturated carbocycles. The van der Waals surface area contributed by atoms with Crippen molar-refractivity contribution in [2.75, 3.05) is 7.11 Å². The van der Waals surface area contributed by atoms with Gasteiger partial charge >= 0.3 is 11.9 Å². The molecule has 0 unspecified atom stereocenters. The van der Waals surface area contributed by atoms with Gasteiger partial charge in [-0.1, -0.05) is 6.07 Å². The summed E-state index contributed by atoms with van der Waals surface area (Å²) in [6, 6.07) is 3.52. The molecule has 0 radical (unpaired) electrons. The number of rotatable bonds is 3. The summed E-state index contributed by atoms with van der Waals surface area (Å²) in [6.07, 6.45) is 0. The fraction of sp³-hybridized carbons (Fsp3) is 0.250. The van der Waals surface area contributed by atoms with Crippen LogP contribution in [0.5, 0.6) is 5.88 Å². The molecule has 0 spiro atoms. The Morgan fingerprint density at radius 1 is 1.57 bits per heavy atom. The van der Waals surface area contributed by atoms with E-state index in [4.69, 9.17) is 5.11 Å². The number of alkyl halides is 2. The van der Waals surface area contributed by atoms with Crippen LogP contribution < -0.4 is 4.74 Å². The van der Waals surface area contributed by atoms with Crippen LogP contribution in [0.3, 0.4) is 0 Å². The van der Waals surface area contributed by atoms with Crippen LogP contribution in [0.15, 0.2) is 18.2 Å². The van der Waals surface area contributed by atoms with Crippen molar-refractivity contribution in [2.24, 2.45) is 0 Å². The van der Waals surface area contributed by atoms with Crippen molar-refractivity contribution in [3.8, 4) is 5.88 Å². The third-order valence-electron chi connectivity index (χ3n) is 1.52. The molecule has 14 heavy (non-hydrogen) atoms. The van der Waals surface area contributed by atoms with Crippen molar-refractivity contribution in [3.63, 3.8) is 0 Å². The van der Waals surface area contributed by atoms with Gasteiger partial charge in [-0.25, -0.2) is 9.78 Å². The summed E-state index contributed by atoms with van der Waals surface area (Å²) < 4.78 is 30.3. The zero-order valence-electron chi connectivity index (χ0n) is 7.20. The number of hydrogen-bond donors (Lipinski definition) is 1. The van der Waals surface area contributed by atoms with Gasteiger partial charge in [-0.2, -0.15) is 8.78 Å². The number of aromatic nitrogens is 1. The summed E-state index contributed by atoms with van der Waals surface area (Å²) in [5.41, 5.74) is -0.843. The first-order valence-corrected chi connectivity index (χ1v) is 3.61. The lowest BCUT2D eigenvalue weighted by molar-refractivity contribution is -0.166. The van der Waals surface area contributed by atoms with Gasteiger partial charge in [-0.15, -0.1) is 0 Å². The predicted octanol–water partition coefficient (Wildman–Crippen LogP) is 1.27. The molecule has 0 bridgehead atoms. The van der Waals surface area contributed by atoms with Crippen LogP contribution in [0, 0.1) is 0 Å². The van der Waals surface area contributed by atoms with Crippen LogP contribution >= 0.6 is 0 Å². The maximum Gasteiger partial charge on any atom is 0.384 e. The fourth-order valence-corrected chi connectivity index (χ4v) is 0.813. The highest BCUT2D eigenvalue weighted by molar-refractivity contribution is 5.76. The SMILES string of the molecule is COc1cccc(C(F)(F)C(=O)O)n1. The van der Waals surface area contributed by atoms with Crippen LogP contribution in [0.1, 0.15) is 5.69 Å². The molecule has 0 atom stereocenters. The van der Waals surface area contributed by atoms with Gasteiger partial charge in [0, 0.05) is 6.07 Å². The molecule has 0 saturated heterocycles. The van der Waals surface area contributed by atoms with E-state index >= 15 is 0 Å². The normalized spacial score (nSPS) is 11.1. The summed E-state index contributed by atoms with van der Waals surface area (Å²) in [7, 11) is 1.25. The van der Waals surface area contributed by atoms with Crippen molar-refractivity contribution in [1.29, 1.82) is 0 Å². The topological polar surface area (TPSA) is 59.4 Å². The van der Waals surface area contributed by atoms with Gasteiger partial charge in [0.1, 0.15) is 5.69 Å². The summed E-state index contributed by atoms with van der Waals surface area (Å²) in [5.74, 6) is -6.28. The summed E-state index contributed by atoms with van der Waals surface area (Å²) in [4.78, 5) is 13.5. The lowest BCUT2D eigenvalue weighted by Gasteiger charge is -2.10. The lowest BCUT2D eigenvalue weighted by atomic mass is 10.2. The van der Waals surface area contributed by atoms with Crippen molar-refractivity contribution in [3.05, 3.63) is 23.9 Å². The minimum absolute atomic E-state index is 0.0524. The number of carbonyl (C=O) groups is 1. The standard InChI is InChI=1S/C8H7F2NO3/c1-14-6-4-2-3-5(11-6)8(9,10)7(12)13/h2-4H,1H3,(H,12,13). The van der Waals surface area contributed by atoms with E-state index in [0.717, 1.165) is 6.07 Å². The smallest absolute Gasteiger partial charge is 0.384 e. The number of nitrogens with zero attached hydrogens (tertiary/aromatic N) is 1. The lowest BCUT2D eigenvalue weighted by Crippen LogP contribution is -2.26. The van der Waals surface area contributed by atoms with E-state index in [-0.39, 0.29) is 5.88 Å². The zero-order valence-corrected chi connectivity index (χ0v) is 7.20. The molecule has 0 fully saturated rings. The molecule has 0 amide bonds. The third-order valence-corrected chi connectivity index (χ3v) is 1.52. The number of pyridine rings is 1. The number of carboxylic acids is 1. The summed E-state index contributed by atoms with van der Waals surface area (Å²) >= 11 is 0. The fourth-order valence-electron chi connectivity index (χ4n) is 0.813. The first kappa shape index (κ1) is 10.4. The first-order valence-electron chi connectivity index (χ1n) is 3.61. The average Bonchev–Trinajstić information content (AvgIpc) is 2.17. The van der Waals surface area contributed by atoms with Crippen LogP contribution in [0.4, 0.5) is 8.78 Å². The van der Waals surface area contributed by atoms with E-state index in [1.807, 2.05) is 0 Å². The van der Waals surface area contributed by atoms with Crippen LogP contribution in [-0.4, -0.2) is 23.2 Å². The van der Waals surface area contributed by atoms with Crippen LogP contribution in [0.2, 0.25) is 0 Å². The van der Waals surface area contributed by atoms with E-state index in [1.165, 1.54) is 19.2 Å². The van der Waals surface area contributed by atoms with E-state index < -0.39 is 17.6 Å². The minimum atomic E-state index is -3.99. The maximum absolute atomic E-state index is 12.9. The Labute approximate surface area is 78.1 Å². The number of aliphatic carboxylic acids is 1. The summed E-state index contributed by atoms with van der Waals surface area (Å²) in [6.45, 7) is 0. The van der Waals surface area contributed by atoms with Crippen molar-refractivity contribution >= 4 is 5.97 Å². The molecule has 0 aliphatic heterocycles. The Bertz CT molecular complexity index is 354. The number of hydrogen-bond acceptors (Lipinski definition) is 3. The zero-order chi connectivity index (χ0) is 10.8. The molecule has 76 valence electrons. The highest BCUT2D eigenvalue weighted by Crippen LogP contribution is 2.27. The second kappa shape index (κ2) is 3.57. The Morgan fingerprint density at radius 2 is 2.21 bits per heavy atom. The average molecular weight is 203 g/mol. The highest BCUT2D eigenvalue weighted by Gasteiger charge is 2.42. The molecule has 6 heteroatoms. The molecule has 0 aliphatic rings. The Hall–Kier alpha value is -1.72. The van der Waals surface area contributed by atoms with Crippen molar-refractivity contribution in [1.82, 2.24) is 4.98 Å². The van der Waals surface area contributed by atoms with Crippen LogP contribution in [-0.2, 0) is 10.7 Å². The van der Waals surface area contributed by atoms with Gasteiger partial charge in [0.05, 0.1) is 7.11 Å². The molecule has 0 aliphatic carbocycles. The number of ether oxygens (including phenoxy) is 1. The molecule has 1 N–H and O–H groups in total. The molecular formula is C8H7F2NO3. The van der Waals surface area contributed by atoms with Crippen molar-refractivity contribution in [2.45, 2.75) is 5.92 Å². The maximum atomic E-state index is 12.9. The van der Waals surface area contributed by atoms with Gasteiger partial charge in [0.2, 0.25) is 5.88 Å². The second-order valence-electron chi connectivity index (χ2n) is 2.44. The molecule has 1 aromatic rings. The second-order valence-corrected chi connectivity index (χ2v) is 2.44. The number of halogens is 2. The Morgan fingerprint density at radius 3 is 2.71 bits per heavy atom. The van der Waals surface area contributed by atoms with E-state index in [9.17, 15) is 13.6 Å². The monoisotopic (exact) mass is 203 g/mol. The molecule has 1 rings (SSSR count). The third kappa shape index (κ3) is 1.78. The Kier molecular flexibility index (Phi) is 2.64. The molecule has 4 nitrogen and oxygen atoms in total. The number of carboxylic acid groups (broad SMARTS) is 1. The molecule has 1 heterocycles. The van der Waals surface area contributed by atoms with Crippen LogP contribution in [0.25, 0.3) is 0 Å². The number of methoxy groups -OCH3 is 1. The van der Waals surface area contributed by atoms with Crippen molar-refractivity contribution < 1.29 is 23.4 Å². The van der Waals surface area contributed by atoms with Gasteiger partial charge < -0.3 is 9.84 Å². The predicted molar refractivity (Wildman–Crippen MR) is 42.3 cm³/mol. The first-order chi connectivity index (χ1) is 6.48. The molecule has 0 aromatic carbocycles. The van der Waals surface area contributed by atoms with Gasteiger partial charge in [0.15, 0.2) is 0 Å². The largest absolute Gasteiger partial charge is 0.481 e. The van der Waals surface area contributed by atoms with Gasteiger partial charge in [-0.05, 0) is 6.07 Å². The summed E-state index contributed by atoms with van der Waals surface area (Å²) in [5, 5.41) is 8.23. The minimum Gasteiger partial charge on any atom is -0.481 e. The van der Waals surface area contributed by atoms with E-state index in [1.54, 1.807) is 0 Å². The highest BCUT2D eigenvalue weighted by atomic mass is 19.3. The van der Waals surface area contributed by atoms with E-state index in [0.29, 0.717) is 0 Å². The Balaban J connectivity index is 3.12.